The average molecular weight is 258 g/mol. The fourth-order valence-corrected chi connectivity index (χ4v) is 1.71. The van der Waals surface area contributed by atoms with Gasteiger partial charge in [0, 0.05) is 18.0 Å². The average Bonchev–Trinajstić information content (AvgIpc) is 2.43. The number of aromatic nitrogens is 3. The standard InChI is InChI=1S/C13H8F2N4/c14-10-4-3-8(6-11(10)15)19-13-9-2-1-5-16-12(9)17-7-18-13/h1-7H,(H,16,17,18,19). The Bertz CT molecular complexity index is 740. The molecule has 0 amide bonds. The second kappa shape index (κ2) is 4.56. The van der Waals surface area contributed by atoms with Gasteiger partial charge in [0.1, 0.15) is 12.1 Å². The molecule has 3 aromatic rings. The third-order valence-electron chi connectivity index (χ3n) is 2.59. The van der Waals surface area contributed by atoms with Crippen LogP contribution in [-0.4, -0.2) is 15.0 Å². The van der Waals surface area contributed by atoms with Gasteiger partial charge >= 0.3 is 0 Å². The molecule has 0 atom stereocenters. The van der Waals surface area contributed by atoms with Crippen molar-refractivity contribution in [3.8, 4) is 0 Å². The second-order valence-corrected chi connectivity index (χ2v) is 3.85. The van der Waals surface area contributed by atoms with Crippen molar-refractivity contribution in [1.82, 2.24) is 15.0 Å². The molecule has 0 spiro atoms. The molecular weight excluding hydrogens is 250 g/mol. The van der Waals surface area contributed by atoms with E-state index in [1.807, 2.05) is 0 Å². The van der Waals surface area contributed by atoms with Crippen molar-refractivity contribution in [1.29, 1.82) is 0 Å². The lowest BCUT2D eigenvalue weighted by molar-refractivity contribution is 0.509. The second-order valence-electron chi connectivity index (χ2n) is 3.85. The Morgan fingerprint density at radius 3 is 2.68 bits per heavy atom. The molecule has 0 aliphatic heterocycles. The number of nitrogens with one attached hydrogen (secondary N) is 1. The molecule has 19 heavy (non-hydrogen) atoms. The van der Waals surface area contributed by atoms with Crippen molar-refractivity contribution in [2.75, 3.05) is 5.32 Å². The zero-order valence-corrected chi connectivity index (χ0v) is 9.64. The number of rotatable bonds is 2. The van der Waals surface area contributed by atoms with Gasteiger partial charge in [0.25, 0.3) is 0 Å². The van der Waals surface area contributed by atoms with Crippen LogP contribution in [0.25, 0.3) is 11.0 Å². The quantitative estimate of drug-likeness (QED) is 0.767. The van der Waals surface area contributed by atoms with Gasteiger partial charge in [-0.3, -0.25) is 0 Å². The number of hydrogen-bond acceptors (Lipinski definition) is 4. The van der Waals surface area contributed by atoms with Crippen molar-refractivity contribution in [3.05, 3.63) is 54.5 Å². The van der Waals surface area contributed by atoms with E-state index < -0.39 is 11.6 Å². The summed E-state index contributed by atoms with van der Waals surface area (Å²) in [5.74, 6) is -1.31. The van der Waals surface area contributed by atoms with E-state index in [2.05, 4.69) is 20.3 Å². The van der Waals surface area contributed by atoms with Gasteiger partial charge < -0.3 is 5.32 Å². The summed E-state index contributed by atoms with van der Waals surface area (Å²) in [4.78, 5) is 12.2. The molecule has 0 bridgehead atoms. The molecule has 2 heterocycles. The lowest BCUT2D eigenvalue weighted by atomic mass is 10.2. The molecule has 0 saturated heterocycles. The van der Waals surface area contributed by atoms with E-state index in [-0.39, 0.29) is 0 Å². The lowest BCUT2D eigenvalue weighted by Gasteiger charge is -2.07. The Hall–Kier alpha value is -2.63. The van der Waals surface area contributed by atoms with Crippen LogP contribution in [0.15, 0.2) is 42.9 Å². The molecule has 94 valence electrons. The van der Waals surface area contributed by atoms with Gasteiger partial charge in [-0.05, 0) is 24.3 Å². The highest BCUT2D eigenvalue weighted by atomic mass is 19.2. The predicted molar refractivity (Wildman–Crippen MR) is 67.0 cm³/mol. The molecule has 2 aromatic heterocycles. The van der Waals surface area contributed by atoms with Crippen LogP contribution in [0.4, 0.5) is 20.3 Å². The minimum atomic E-state index is -0.915. The van der Waals surface area contributed by atoms with E-state index in [4.69, 9.17) is 0 Å². The summed E-state index contributed by atoms with van der Waals surface area (Å²) in [6, 6.07) is 7.11. The molecule has 1 N–H and O–H groups in total. The molecule has 6 heteroatoms. The van der Waals surface area contributed by atoms with Crippen molar-refractivity contribution < 1.29 is 8.78 Å². The van der Waals surface area contributed by atoms with Gasteiger partial charge in [-0.25, -0.2) is 23.7 Å². The SMILES string of the molecule is Fc1ccc(Nc2ncnc3ncccc23)cc1F. The van der Waals surface area contributed by atoms with E-state index in [9.17, 15) is 8.78 Å². The van der Waals surface area contributed by atoms with Crippen LogP contribution >= 0.6 is 0 Å². The van der Waals surface area contributed by atoms with Crippen LogP contribution < -0.4 is 5.32 Å². The third kappa shape index (κ3) is 2.20. The first-order valence-corrected chi connectivity index (χ1v) is 5.52. The third-order valence-corrected chi connectivity index (χ3v) is 2.59. The van der Waals surface area contributed by atoms with Gasteiger partial charge in [-0.1, -0.05) is 0 Å². The number of benzene rings is 1. The summed E-state index contributed by atoms with van der Waals surface area (Å²) in [5, 5.41) is 3.62. The first-order valence-electron chi connectivity index (χ1n) is 5.52. The zero-order chi connectivity index (χ0) is 13.2. The summed E-state index contributed by atoms with van der Waals surface area (Å²) in [6.45, 7) is 0. The number of hydrogen-bond donors (Lipinski definition) is 1. The highest BCUT2D eigenvalue weighted by Crippen LogP contribution is 2.22. The van der Waals surface area contributed by atoms with Crippen LogP contribution in [0.3, 0.4) is 0 Å². The summed E-state index contributed by atoms with van der Waals surface area (Å²) in [7, 11) is 0. The Kier molecular flexibility index (Phi) is 2.75. The molecule has 0 fully saturated rings. The molecule has 0 aliphatic carbocycles. The summed E-state index contributed by atoms with van der Waals surface area (Å²) >= 11 is 0. The maximum Gasteiger partial charge on any atom is 0.164 e. The number of pyridine rings is 1. The van der Waals surface area contributed by atoms with E-state index in [0.717, 1.165) is 12.1 Å². The van der Waals surface area contributed by atoms with Gasteiger partial charge in [0.05, 0.1) is 5.39 Å². The molecule has 1 aromatic carbocycles. The van der Waals surface area contributed by atoms with Crippen LogP contribution in [0.1, 0.15) is 0 Å². The topological polar surface area (TPSA) is 50.7 Å². The maximum absolute atomic E-state index is 13.1. The zero-order valence-electron chi connectivity index (χ0n) is 9.64. The summed E-state index contributed by atoms with van der Waals surface area (Å²) in [6.07, 6.45) is 2.98. The Morgan fingerprint density at radius 2 is 1.84 bits per heavy atom. The van der Waals surface area contributed by atoms with Crippen LogP contribution in [0, 0.1) is 11.6 Å². The van der Waals surface area contributed by atoms with Gasteiger partial charge in [-0.15, -0.1) is 0 Å². The van der Waals surface area contributed by atoms with E-state index in [0.29, 0.717) is 22.5 Å². The van der Waals surface area contributed by atoms with Crippen LogP contribution in [0.2, 0.25) is 0 Å². The van der Waals surface area contributed by atoms with Gasteiger partial charge in [0.2, 0.25) is 0 Å². The first-order chi connectivity index (χ1) is 9.24. The fourth-order valence-electron chi connectivity index (χ4n) is 1.71. The number of fused-ring (bicyclic) bond motifs is 1. The normalized spacial score (nSPS) is 10.6. The van der Waals surface area contributed by atoms with Crippen molar-refractivity contribution >= 4 is 22.5 Å². The minimum Gasteiger partial charge on any atom is -0.339 e. The van der Waals surface area contributed by atoms with E-state index in [1.54, 1.807) is 18.3 Å². The van der Waals surface area contributed by atoms with Crippen molar-refractivity contribution in [3.63, 3.8) is 0 Å². The van der Waals surface area contributed by atoms with Gasteiger partial charge in [-0.2, -0.15) is 0 Å². The van der Waals surface area contributed by atoms with Crippen molar-refractivity contribution in [2.24, 2.45) is 0 Å². The Morgan fingerprint density at radius 1 is 0.947 bits per heavy atom. The Balaban J connectivity index is 2.03. The fraction of sp³-hybridized carbons (Fsp3) is 0. The molecule has 0 radical (unpaired) electrons. The van der Waals surface area contributed by atoms with Crippen molar-refractivity contribution in [2.45, 2.75) is 0 Å². The minimum absolute atomic E-state index is 0.405. The number of anilines is 2. The molecule has 4 nitrogen and oxygen atoms in total. The highest BCUT2D eigenvalue weighted by Gasteiger charge is 2.06. The highest BCUT2D eigenvalue weighted by molar-refractivity contribution is 5.87. The summed E-state index contributed by atoms with van der Waals surface area (Å²) < 4.78 is 26.0. The number of halogens is 2. The lowest BCUT2D eigenvalue weighted by Crippen LogP contribution is -1.97. The molecule has 0 unspecified atom stereocenters. The smallest absolute Gasteiger partial charge is 0.164 e. The van der Waals surface area contributed by atoms with E-state index in [1.165, 1.54) is 12.4 Å². The predicted octanol–water partition coefficient (Wildman–Crippen LogP) is 3.05. The molecule has 3 rings (SSSR count). The first kappa shape index (κ1) is 11.5. The van der Waals surface area contributed by atoms with Crippen LogP contribution in [-0.2, 0) is 0 Å². The molecular formula is C13H8F2N4. The molecule has 0 aliphatic rings. The van der Waals surface area contributed by atoms with E-state index >= 15 is 0 Å². The van der Waals surface area contributed by atoms with Crippen LogP contribution in [0.5, 0.6) is 0 Å². The maximum atomic E-state index is 13.1. The van der Waals surface area contributed by atoms with Gasteiger partial charge in [0.15, 0.2) is 17.3 Å². The summed E-state index contributed by atoms with van der Waals surface area (Å²) in [5.41, 5.74) is 0.935. The molecule has 0 saturated carbocycles. The number of nitrogens with zero attached hydrogens (tertiary/aromatic N) is 3. The Labute approximate surface area is 107 Å². The monoisotopic (exact) mass is 258 g/mol. The largest absolute Gasteiger partial charge is 0.339 e.